The van der Waals surface area contributed by atoms with E-state index < -0.39 is 11.9 Å². The zero-order chi connectivity index (χ0) is 20.8. The molecule has 8 nitrogen and oxygen atoms in total. The van der Waals surface area contributed by atoms with E-state index in [1.165, 1.54) is 11.9 Å². The number of hydrogen-bond donors (Lipinski definition) is 2. The van der Waals surface area contributed by atoms with Crippen LogP contribution in [0.2, 0.25) is 0 Å². The maximum absolute atomic E-state index is 12.8. The molecule has 1 heterocycles. The summed E-state index contributed by atoms with van der Waals surface area (Å²) in [7, 11) is 1.52. The molecule has 0 aliphatic carbocycles. The molecule has 0 bridgehead atoms. The summed E-state index contributed by atoms with van der Waals surface area (Å²) in [5.74, 6) is -0.370. The highest BCUT2D eigenvalue weighted by Gasteiger charge is 2.28. The number of amides is 3. The van der Waals surface area contributed by atoms with Gasteiger partial charge in [0, 0.05) is 18.7 Å². The number of rotatable bonds is 7. The van der Waals surface area contributed by atoms with Crippen LogP contribution in [0.25, 0.3) is 0 Å². The van der Waals surface area contributed by atoms with Crippen molar-refractivity contribution in [3.8, 4) is 0 Å². The van der Waals surface area contributed by atoms with Gasteiger partial charge in [0.1, 0.15) is 11.8 Å². The van der Waals surface area contributed by atoms with Gasteiger partial charge in [-0.3, -0.25) is 14.4 Å². The zero-order valence-corrected chi connectivity index (χ0v) is 16.8. The summed E-state index contributed by atoms with van der Waals surface area (Å²) in [6.45, 7) is 7.11. The standard InChI is InChI=1S/C20H26N4O4/c1-12(2)18(22-19(26)15-8-6-7-13(3)9-15)20(27)24(5)11-17(25)21-16-10-14(4)28-23-16/h6-10,12,18H,11H2,1-5H3,(H,22,26)(H,21,23,25). The number of anilines is 1. The van der Waals surface area contributed by atoms with Gasteiger partial charge in [0.25, 0.3) is 5.91 Å². The summed E-state index contributed by atoms with van der Waals surface area (Å²) in [6.07, 6.45) is 0. The van der Waals surface area contributed by atoms with Gasteiger partial charge in [0.05, 0.1) is 6.54 Å². The molecule has 150 valence electrons. The van der Waals surface area contributed by atoms with Crippen molar-refractivity contribution in [1.82, 2.24) is 15.4 Å². The van der Waals surface area contributed by atoms with E-state index in [1.807, 2.05) is 26.8 Å². The lowest BCUT2D eigenvalue weighted by atomic mass is 10.0. The topological polar surface area (TPSA) is 105 Å². The summed E-state index contributed by atoms with van der Waals surface area (Å²) in [6, 6.07) is 7.97. The minimum Gasteiger partial charge on any atom is -0.360 e. The van der Waals surface area contributed by atoms with Crippen molar-refractivity contribution in [2.24, 2.45) is 5.92 Å². The third-order valence-electron chi connectivity index (χ3n) is 4.15. The highest BCUT2D eigenvalue weighted by Crippen LogP contribution is 2.10. The van der Waals surface area contributed by atoms with Gasteiger partial charge in [-0.15, -0.1) is 0 Å². The Balaban J connectivity index is 2.00. The maximum atomic E-state index is 12.8. The van der Waals surface area contributed by atoms with E-state index in [4.69, 9.17) is 4.52 Å². The first-order valence-electron chi connectivity index (χ1n) is 9.03. The molecule has 2 N–H and O–H groups in total. The molecule has 1 atom stereocenters. The number of nitrogens with one attached hydrogen (secondary N) is 2. The largest absolute Gasteiger partial charge is 0.360 e. The van der Waals surface area contributed by atoms with E-state index in [9.17, 15) is 14.4 Å². The van der Waals surface area contributed by atoms with Crippen LogP contribution < -0.4 is 10.6 Å². The van der Waals surface area contributed by atoms with Crippen LogP contribution in [0.5, 0.6) is 0 Å². The van der Waals surface area contributed by atoms with Gasteiger partial charge in [-0.25, -0.2) is 0 Å². The normalized spacial score (nSPS) is 11.8. The Bertz CT molecular complexity index is 859. The Labute approximate surface area is 164 Å². The molecule has 0 radical (unpaired) electrons. The first kappa shape index (κ1) is 21.1. The van der Waals surface area contributed by atoms with E-state index in [1.54, 1.807) is 31.2 Å². The highest BCUT2D eigenvalue weighted by atomic mass is 16.5. The minimum atomic E-state index is -0.750. The van der Waals surface area contributed by atoms with Crippen molar-refractivity contribution in [3.63, 3.8) is 0 Å². The predicted molar refractivity (Wildman–Crippen MR) is 105 cm³/mol. The lowest BCUT2D eigenvalue weighted by Gasteiger charge is -2.26. The predicted octanol–water partition coefficient (Wildman–Crippen LogP) is 2.14. The second-order valence-electron chi connectivity index (χ2n) is 7.13. The van der Waals surface area contributed by atoms with Crippen molar-refractivity contribution in [2.75, 3.05) is 18.9 Å². The summed E-state index contributed by atoms with van der Waals surface area (Å²) < 4.78 is 4.89. The van der Waals surface area contributed by atoms with Crippen molar-refractivity contribution in [1.29, 1.82) is 0 Å². The Kier molecular flexibility index (Phi) is 6.92. The van der Waals surface area contributed by atoms with Gasteiger partial charge in [-0.05, 0) is 31.9 Å². The Morgan fingerprint density at radius 2 is 1.89 bits per heavy atom. The highest BCUT2D eigenvalue weighted by molar-refractivity contribution is 5.99. The number of carbonyl (C=O) groups is 3. The monoisotopic (exact) mass is 386 g/mol. The van der Waals surface area contributed by atoms with Crippen LogP contribution in [0.1, 0.15) is 35.5 Å². The fraction of sp³-hybridized carbons (Fsp3) is 0.400. The van der Waals surface area contributed by atoms with Crippen LogP contribution in [-0.4, -0.2) is 47.4 Å². The smallest absolute Gasteiger partial charge is 0.251 e. The second-order valence-corrected chi connectivity index (χ2v) is 7.13. The van der Waals surface area contributed by atoms with Crippen LogP contribution in [0.3, 0.4) is 0 Å². The molecule has 2 rings (SSSR count). The SMILES string of the molecule is Cc1cccc(C(=O)NC(C(=O)N(C)CC(=O)Nc2cc(C)on2)C(C)C)c1. The van der Waals surface area contributed by atoms with Crippen LogP contribution in [0, 0.1) is 19.8 Å². The number of nitrogens with zero attached hydrogens (tertiary/aromatic N) is 2. The van der Waals surface area contributed by atoms with E-state index in [2.05, 4.69) is 15.8 Å². The first-order valence-corrected chi connectivity index (χ1v) is 9.03. The second kappa shape index (κ2) is 9.16. The zero-order valence-electron chi connectivity index (χ0n) is 16.8. The summed E-state index contributed by atoms with van der Waals surface area (Å²) in [4.78, 5) is 38.7. The van der Waals surface area contributed by atoms with Gasteiger partial charge in [-0.1, -0.05) is 36.7 Å². The lowest BCUT2D eigenvalue weighted by molar-refractivity contribution is -0.135. The molecule has 28 heavy (non-hydrogen) atoms. The summed E-state index contributed by atoms with van der Waals surface area (Å²) in [5, 5.41) is 9.03. The minimum absolute atomic E-state index is 0.148. The number of benzene rings is 1. The van der Waals surface area contributed by atoms with Gasteiger partial charge in [0.2, 0.25) is 11.8 Å². The molecule has 0 aliphatic rings. The molecular formula is C20H26N4O4. The molecule has 8 heteroatoms. The Morgan fingerprint density at radius 1 is 1.18 bits per heavy atom. The molecule has 0 saturated heterocycles. The Hall–Kier alpha value is -3.16. The third-order valence-corrected chi connectivity index (χ3v) is 4.15. The molecule has 3 amide bonds. The van der Waals surface area contributed by atoms with Crippen molar-refractivity contribution in [2.45, 2.75) is 33.7 Å². The van der Waals surface area contributed by atoms with Crippen molar-refractivity contribution in [3.05, 3.63) is 47.2 Å². The molecule has 0 spiro atoms. The fourth-order valence-electron chi connectivity index (χ4n) is 2.66. The first-order chi connectivity index (χ1) is 13.2. The van der Waals surface area contributed by atoms with Crippen molar-refractivity contribution < 1.29 is 18.9 Å². The maximum Gasteiger partial charge on any atom is 0.251 e. The van der Waals surface area contributed by atoms with Crippen LogP contribution in [0.4, 0.5) is 5.82 Å². The number of aryl methyl sites for hydroxylation is 2. The third kappa shape index (κ3) is 5.67. The van der Waals surface area contributed by atoms with Crippen LogP contribution >= 0.6 is 0 Å². The number of aromatic nitrogens is 1. The van der Waals surface area contributed by atoms with Gasteiger partial charge >= 0.3 is 0 Å². The number of carbonyl (C=O) groups excluding carboxylic acids is 3. The molecule has 1 unspecified atom stereocenters. The molecular weight excluding hydrogens is 360 g/mol. The average molecular weight is 386 g/mol. The van der Waals surface area contributed by atoms with Crippen LogP contribution in [0.15, 0.2) is 34.9 Å². The van der Waals surface area contributed by atoms with E-state index in [0.29, 0.717) is 11.3 Å². The summed E-state index contributed by atoms with van der Waals surface area (Å²) >= 11 is 0. The lowest BCUT2D eigenvalue weighted by Crippen LogP contribution is -2.51. The van der Waals surface area contributed by atoms with Crippen LogP contribution in [-0.2, 0) is 9.59 Å². The van der Waals surface area contributed by atoms with Crippen molar-refractivity contribution >= 4 is 23.5 Å². The fourth-order valence-corrected chi connectivity index (χ4v) is 2.66. The number of hydrogen-bond acceptors (Lipinski definition) is 5. The molecule has 1 aromatic heterocycles. The molecule has 1 aromatic carbocycles. The molecule has 2 aromatic rings. The molecule has 0 aliphatic heterocycles. The van der Waals surface area contributed by atoms with Gasteiger partial charge in [0.15, 0.2) is 5.82 Å². The molecule has 0 saturated carbocycles. The number of likely N-dealkylation sites (N-methyl/N-ethyl adjacent to an activating group) is 1. The Morgan fingerprint density at radius 3 is 2.46 bits per heavy atom. The molecule has 0 fully saturated rings. The summed E-state index contributed by atoms with van der Waals surface area (Å²) in [5.41, 5.74) is 1.44. The van der Waals surface area contributed by atoms with E-state index >= 15 is 0 Å². The van der Waals surface area contributed by atoms with Gasteiger partial charge < -0.3 is 20.1 Å². The van der Waals surface area contributed by atoms with E-state index in [0.717, 1.165) is 5.56 Å². The van der Waals surface area contributed by atoms with Gasteiger partial charge in [-0.2, -0.15) is 0 Å². The van der Waals surface area contributed by atoms with E-state index in [-0.39, 0.29) is 30.1 Å². The average Bonchev–Trinajstić information content (AvgIpc) is 3.03. The quantitative estimate of drug-likeness (QED) is 0.759.